The second-order valence-corrected chi connectivity index (χ2v) is 7.72. The van der Waals surface area contributed by atoms with Gasteiger partial charge in [0, 0.05) is 6.54 Å². The summed E-state index contributed by atoms with van der Waals surface area (Å²) in [4.78, 5) is 29.1. The Balaban J connectivity index is 2.08. The van der Waals surface area contributed by atoms with Crippen molar-refractivity contribution in [2.75, 3.05) is 26.7 Å². The van der Waals surface area contributed by atoms with Gasteiger partial charge in [0.2, 0.25) is 11.8 Å². The molecule has 21 heavy (non-hydrogen) atoms. The van der Waals surface area contributed by atoms with E-state index in [2.05, 4.69) is 17.3 Å². The Hall–Kier alpha value is -1.10. The van der Waals surface area contributed by atoms with Crippen molar-refractivity contribution in [3.63, 3.8) is 0 Å². The van der Waals surface area contributed by atoms with Crippen LogP contribution >= 0.6 is 0 Å². The number of carbonyl (C=O) groups excluding carboxylic acids is 2. The Labute approximate surface area is 128 Å². The molecule has 0 aromatic heterocycles. The summed E-state index contributed by atoms with van der Waals surface area (Å²) in [5, 5.41) is 2.89. The van der Waals surface area contributed by atoms with Gasteiger partial charge in [0.25, 0.3) is 0 Å². The highest BCUT2D eigenvalue weighted by molar-refractivity contribution is 5.97. The molecule has 0 bridgehead atoms. The topological polar surface area (TPSA) is 52.7 Å². The number of nitrogens with one attached hydrogen (secondary N) is 1. The molecule has 5 heteroatoms. The number of hydrogen-bond acceptors (Lipinski definition) is 3. The van der Waals surface area contributed by atoms with Gasteiger partial charge in [0.05, 0.1) is 0 Å². The average Bonchev–Trinajstić information content (AvgIpc) is 2.40. The minimum absolute atomic E-state index is 0.0255. The highest BCUT2D eigenvalue weighted by Gasteiger charge is 2.44. The first-order valence-corrected chi connectivity index (χ1v) is 7.99. The minimum atomic E-state index is -0.410. The summed E-state index contributed by atoms with van der Waals surface area (Å²) in [6.07, 6.45) is 2.21. The van der Waals surface area contributed by atoms with E-state index < -0.39 is 6.04 Å². The number of nitrogens with zero attached hydrogens (tertiary/aromatic N) is 2. The van der Waals surface area contributed by atoms with Gasteiger partial charge < -0.3 is 15.1 Å². The lowest BCUT2D eigenvalue weighted by atomic mass is 9.83. The summed E-state index contributed by atoms with van der Waals surface area (Å²) in [7, 11) is 2.13. The quantitative estimate of drug-likeness (QED) is 0.830. The lowest BCUT2D eigenvalue weighted by molar-refractivity contribution is -0.152. The van der Waals surface area contributed by atoms with Crippen molar-refractivity contribution in [2.24, 2.45) is 11.3 Å². The maximum absolute atomic E-state index is 12.8. The fraction of sp³-hybridized carbons (Fsp3) is 0.875. The van der Waals surface area contributed by atoms with Crippen LogP contribution in [0.2, 0.25) is 0 Å². The fourth-order valence-electron chi connectivity index (χ4n) is 3.18. The van der Waals surface area contributed by atoms with Gasteiger partial charge in [-0.1, -0.05) is 20.8 Å². The van der Waals surface area contributed by atoms with Crippen molar-refractivity contribution in [1.82, 2.24) is 15.1 Å². The van der Waals surface area contributed by atoms with Crippen LogP contribution in [-0.2, 0) is 9.59 Å². The molecule has 1 N–H and O–H groups in total. The van der Waals surface area contributed by atoms with Crippen LogP contribution in [-0.4, -0.2) is 60.4 Å². The standard InChI is InChI=1S/C16H29N3O2/c1-11-14(20)17-13(16(2,3)4)15(21)19(11)10-12-6-8-18(5)9-7-12/h11-13H,6-10H2,1-5H3,(H,17,20). The Morgan fingerprint density at radius 1 is 1.19 bits per heavy atom. The number of hydrogen-bond donors (Lipinski definition) is 1. The smallest absolute Gasteiger partial charge is 0.246 e. The molecule has 2 aliphatic rings. The minimum Gasteiger partial charge on any atom is -0.342 e. The SMILES string of the molecule is CC1C(=O)NC(C(C)(C)C)C(=O)N1CC1CCN(C)CC1. The average molecular weight is 295 g/mol. The van der Waals surface area contributed by atoms with Gasteiger partial charge in [-0.25, -0.2) is 0 Å². The molecule has 2 rings (SSSR count). The first kappa shape index (κ1) is 16.3. The summed E-state index contributed by atoms with van der Waals surface area (Å²) in [5.41, 5.74) is -0.252. The molecular weight excluding hydrogens is 266 g/mol. The normalized spacial score (nSPS) is 29.7. The van der Waals surface area contributed by atoms with Crippen molar-refractivity contribution in [3.05, 3.63) is 0 Å². The van der Waals surface area contributed by atoms with E-state index in [4.69, 9.17) is 0 Å². The van der Waals surface area contributed by atoms with E-state index >= 15 is 0 Å². The molecule has 0 aromatic carbocycles. The third-order valence-electron chi connectivity index (χ3n) is 4.82. The zero-order valence-electron chi connectivity index (χ0n) is 14.0. The van der Waals surface area contributed by atoms with Crippen LogP contribution in [0.4, 0.5) is 0 Å². The molecule has 120 valence electrons. The number of carbonyl (C=O) groups is 2. The molecule has 2 heterocycles. The molecule has 2 amide bonds. The number of amides is 2. The van der Waals surface area contributed by atoms with Gasteiger partial charge in [-0.15, -0.1) is 0 Å². The Morgan fingerprint density at radius 3 is 2.29 bits per heavy atom. The number of piperidine rings is 1. The monoisotopic (exact) mass is 295 g/mol. The van der Waals surface area contributed by atoms with Crippen molar-refractivity contribution < 1.29 is 9.59 Å². The lowest BCUT2D eigenvalue weighted by Gasteiger charge is -2.44. The van der Waals surface area contributed by atoms with E-state index in [-0.39, 0.29) is 23.3 Å². The molecule has 2 unspecified atom stereocenters. The maximum atomic E-state index is 12.8. The first-order chi connectivity index (χ1) is 9.70. The summed E-state index contributed by atoms with van der Waals surface area (Å²) in [6, 6.07) is -0.761. The molecule has 2 atom stereocenters. The molecule has 5 nitrogen and oxygen atoms in total. The van der Waals surface area contributed by atoms with Gasteiger partial charge in [-0.05, 0) is 51.2 Å². The molecule has 0 aromatic rings. The van der Waals surface area contributed by atoms with E-state index in [9.17, 15) is 9.59 Å². The Morgan fingerprint density at radius 2 is 1.76 bits per heavy atom. The molecule has 2 fully saturated rings. The third kappa shape index (κ3) is 3.57. The van der Waals surface area contributed by atoms with Crippen LogP contribution in [0.5, 0.6) is 0 Å². The second kappa shape index (κ2) is 5.95. The van der Waals surface area contributed by atoms with E-state index in [1.165, 1.54) is 0 Å². The molecule has 2 aliphatic heterocycles. The van der Waals surface area contributed by atoms with E-state index in [1.807, 2.05) is 32.6 Å². The molecule has 0 aliphatic carbocycles. The van der Waals surface area contributed by atoms with Gasteiger partial charge >= 0.3 is 0 Å². The van der Waals surface area contributed by atoms with Gasteiger partial charge in [-0.2, -0.15) is 0 Å². The van der Waals surface area contributed by atoms with Crippen LogP contribution in [0.1, 0.15) is 40.5 Å². The summed E-state index contributed by atoms with van der Waals surface area (Å²) < 4.78 is 0. The van der Waals surface area contributed by atoms with Crippen molar-refractivity contribution >= 4 is 11.8 Å². The summed E-state index contributed by atoms with van der Waals surface area (Å²) in [6.45, 7) is 10.7. The van der Waals surface area contributed by atoms with Gasteiger partial charge in [0.15, 0.2) is 0 Å². The largest absolute Gasteiger partial charge is 0.342 e. The van der Waals surface area contributed by atoms with Crippen LogP contribution < -0.4 is 5.32 Å². The predicted octanol–water partition coefficient (Wildman–Crippen LogP) is 1.09. The summed E-state index contributed by atoms with van der Waals surface area (Å²) in [5.74, 6) is 0.565. The van der Waals surface area contributed by atoms with E-state index in [1.54, 1.807) is 0 Å². The van der Waals surface area contributed by atoms with E-state index in [0.717, 1.165) is 25.9 Å². The van der Waals surface area contributed by atoms with Crippen molar-refractivity contribution in [3.8, 4) is 0 Å². The number of likely N-dealkylation sites (tertiary alicyclic amines) is 1. The highest BCUT2D eigenvalue weighted by Crippen LogP contribution is 2.27. The van der Waals surface area contributed by atoms with Crippen molar-refractivity contribution in [2.45, 2.75) is 52.6 Å². The molecule has 0 radical (unpaired) electrons. The molecule has 0 spiro atoms. The number of rotatable bonds is 2. The zero-order chi connectivity index (χ0) is 15.8. The Bertz CT molecular complexity index is 408. The first-order valence-electron chi connectivity index (χ1n) is 7.99. The lowest BCUT2D eigenvalue weighted by Crippen LogP contribution is -2.66. The third-order valence-corrected chi connectivity index (χ3v) is 4.82. The van der Waals surface area contributed by atoms with Gasteiger partial charge in [0.1, 0.15) is 12.1 Å². The van der Waals surface area contributed by atoms with Crippen LogP contribution in [0.25, 0.3) is 0 Å². The fourth-order valence-corrected chi connectivity index (χ4v) is 3.18. The zero-order valence-corrected chi connectivity index (χ0v) is 14.0. The molecule has 2 saturated heterocycles. The highest BCUT2D eigenvalue weighted by atomic mass is 16.2. The van der Waals surface area contributed by atoms with Crippen LogP contribution in [0, 0.1) is 11.3 Å². The molecular formula is C16H29N3O2. The van der Waals surface area contributed by atoms with Crippen LogP contribution in [0.15, 0.2) is 0 Å². The second-order valence-electron chi connectivity index (χ2n) is 7.72. The summed E-state index contributed by atoms with van der Waals surface area (Å²) >= 11 is 0. The number of piperazine rings is 1. The van der Waals surface area contributed by atoms with Crippen LogP contribution in [0.3, 0.4) is 0 Å². The maximum Gasteiger partial charge on any atom is 0.246 e. The molecule has 0 saturated carbocycles. The van der Waals surface area contributed by atoms with Gasteiger partial charge in [-0.3, -0.25) is 9.59 Å². The predicted molar refractivity (Wildman–Crippen MR) is 82.8 cm³/mol. The van der Waals surface area contributed by atoms with E-state index in [0.29, 0.717) is 12.5 Å². The Kier molecular flexibility index (Phi) is 4.61. The van der Waals surface area contributed by atoms with Crippen molar-refractivity contribution in [1.29, 1.82) is 0 Å².